The summed E-state index contributed by atoms with van der Waals surface area (Å²) >= 11 is 1.67. The van der Waals surface area contributed by atoms with Crippen molar-refractivity contribution >= 4 is 27.5 Å². The first kappa shape index (κ1) is 19.5. The Hall–Kier alpha value is -1.77. The van der Waals surface area contributed by atoms with Crippen LogP contribution in [0.1, 0.15) is 54.9 Å². The van der Waals surface area contributed by atoms with Gasteiger partial charge in [-0.1, -0.05) is 0 Å². The van der Waals surface area contributed by atoms with Crippen molar-refractivity contribution in [3.63, 3.8) is 0 Å². The van der Waals surface area contributed by atoms with Gasteiger partial charge in [0.15, 0.2) is 0 Å². The number of aliphatic hydroxyl groups is 1. The zero-order valence-electron chi connectivity index (χ0n) is 16.4. The summed E-state index contributed by atoms with van der Waals surface area (Å²) in [5.41, 5.74) is 6.42. The van der Waals surface area contributed by atoms with E-state index in [1.165, 1.54) is 4.88 Å². The summed E-state index contributed by atoms with van der Waals surface area (Å²) in [4.78, 5) is 24.7. The molecule has 0 bridgehead atoms. The molecule has 2 aliphatic rings. The fourth-order valence-electron chi connectivity index (χ4n) is 4.59. The number of primary amides is 1. The number of aliphatic hydroxyl groups excluding tert-OH is 1. The van der Waals surface area contributed by atoms with Crippen LogP contribution in [-0.4, -0.2) is 58.2 Å². The number of nitrogens with two attached hydrogens (primary N) is 1. The molecule has 1 amide bonds. The van der Waals surface area contributed by atoms with E-state index in [1.54, 1.807) is 17.7 Å². The number of carbonyl (C=O) groups excluding carboxylic acids is 1. The van der Waals surface area contributed by atoms with Crippen LogP contribution < -0.4 is 10.5 Å². The van der Waals surface area contributed by atoms with Crippen molar-refractivity contribution in [1.29, 1.82) is 0 Å². The first-order valence-electron chi connectivity index (χ1n) is 10.0. The van der Waals surface area contributed by atoms with Gasteiger partial charge in [-0.25, -0.2) is 9.97 Å². The molecule has 1 fully saturated rings. The number of aryl methyl sites for hydroxylation is 1. The van der Waals surface area contributed by atoms with Crippen molar-refractivity contribution in [3.05, 3.63) is 16.8 Å². The number of ether oxygens (including phenoxy) is 1. The van der Waals surface area contributed by atoms with Crippen molar-refractivity contribution in [2.45, 2.75) is 69.1 Å². The lowest BCUT2D eigenvalue weighted by Gasteiger charge is -2.32. The first-order chi connectivity index (χ1) is 13.4. The second kappa shape index (κ2) is 7.93. The Balaban J connectivity index is 1.58. The summed E-state index contributed by atoms with van der Waals surface area (Å²) in [6.07, 6.45) is 7.08. The van der Waals surface area contributed by atoms with Crippen LogP contribution in [0, 0.1) is 0 Å². The molecule has 0 spiro atoms. The molecular weight excluding hydrogens is 376 g/mol. The van der Waals surface area contributed by atoms with Crippen LogP contribution in [-0.2, 0) is 11.2 Å². The smallest absolute Gasteiger partial charge is 0.246 e. The number of fused-ring (bicyclic) bond motifs is 3. The molecule has 2 aromatic heterocycles. The molecule has 0 aromatic carbocycles. The molecule has 1 saturated carbocycles. The second-order valence-electron chi connectivity index (χ2n) is 8.20. The standard InChI is InChI=1S/C20H28N4O3S/c1-24(2)12-4-6-13(7-5-12)27-19-17-16-11(9-14(25)18(21)26)3-8-15(16)28-20(17)23-10-22-19/h10-14,25H,3-9H2,1-2H3,(H2,21,26)/t11-,12-,13-,14+/m1/s1. The largest absolute Gasteiger partial charge is 0.474 e. The number of aromatic nitrogens is 2. The average Bonchev–Trinajstić information content (AvgIpc) is 3.22. The van der Waals surface area contributed by atoms with Crippen LogP contribution in [0.15, 0.2) is 6.33 Å². The highest BCUT2D eigenvalue weighted by Crippen LogP contribution is 2.47. The van der Waals surface area contributed by atoms with Crippen molar-refractivity contribution < 1.29 is 14.6 Å². The summed E-state index contributed by atoms with van der Waals surface area (Å²) in [6.45, 7) is 0. The van der Waals surface area contributed by atoms with Gasteiger partial charge in [-0.3, -0.25) is 4.79 Å². The summed E-state index contributed by atoms with van der Waals surface area (Å²) in [6, 6.07) is 0.621. The predicted octanol–water partition coefficient (Wildman–Crippen LogP) is 2.21. The number of carbonyl (C=O) groups is 1. The highest BCUT2D eigenvalue weighted by atomic mass is 32.1. The van der Waals surface area contributed by atoms with Crippen LogP contribution in [0.2, 0.25) is 0 Å². The number of amides is 1. The third-order valence-electron chi connectivity index (χ3n) is 6.18. The van der Waals surface area contributed by atoms with Crippen molar-refractivity contribution in [2.75, 3.05) is 14.1 Å². The van der Waals surface area contributed by atoms with E-state index in [-0.39, 0.29) is 12.0 Å². The highest BCUT2D eigenvalue weighted by molar-refractivity contribution is 7.19. The van der Waals surface area contributed by atoms with Gasteiger partial charge < -0.3 is 20.5 Å². The van der Waals surface area contributed by atoms with Crippen molar-refractivity contribution in [3.8, 4) is 5.88 Å². The zero-order chi connectivity index (χ0) is 19.8. The van der Waals surface area contributed by atoms with Crippen LogP contribution in [0.3, 0.4) is 0 Å². The molecule has 8 heteroatoms. The molecule has 152 valence electrons. The fraction of sp³-hybridized carbons (Fsp3) is 0.650. The first-order valence-corrected chi connectivity index (χ1v) is 10.8. The average molecular weight is 405 g/mol. The molecule has 0 aliphatic heterocycles. The van der Waals surface area contributed by atoms with E-state index in [2.05, 4.69) is 29.0 Å². The summed E-state index contributed by atoms with van der Waals surface area (Å²) in [7, 11) is 4.27. The summed E-state index contributed by atoms with van der Waals surface area (Å²) in [5, 5.41) is 11.0. The maximum Gasteiger partial charge on any atom is 0.246 e. The van der Waals surface area contributed by atoms with E-state index in [4.69, 9.17) is 10.5 Å². The van der Waals surface area contributed by atoms with Gasteiger partial charge in [-0.15, -0.1) is 11.3 Å². The molecule has 2 heterocycles. The van der Waals surface area contributed by atoms with Crippen LogP contribution in [0.4, 0.5) is 0 Å². The minimum Gasteiger partial charge on any atom is -0.474 e. The highest BCUT2D eigenvalue weighted by Gasteiger charge is 2.33. The van der Waals surface area contributed by atoms with E-state index in [0.717, 1.165) is 54.3 Å². The van der Waals surface area contributed by atoms with E-state index >= 15 is 0 Å². The number of hydrogen-bond donors (Lipinski definition) is 2. The molecule has 3 N–H and O–H groups in total. The van der Waals surface area contributed by atoms with E-state index in [1.807, 2.05) is 0 Å². The maximum absolute atomic E-state index is 11.3. The Kier molecular flexibility index (Phi) is 5.53. The van der Waals surface area contributed by atoms with Crippen LogP contribution >= 0.6 is 11.3 Å². The minimum atomic E-state index is -1.12. The third kappa shape index (κ3) is 3.73. The Morgan fingerprint density at radius 2 is 2.07 bits per heavy atom. The number of thiophene rings is 1. The van der Waals surface area contributed by atoms with Gasteiger partial charge in [0, 0.05) is 10.9 Å². The van der Waals surface area contributed by atoms with E-state index in [9.17, 15) is 9.90 Å². The molecule has 0 unspecified atom stereocenters. The van der Waals surface area contributed by atoms with Gasteiger partial charge in [-0.05, 0) is 70.5 Å². The molecule has 4 rings (SSSR count). The summed E-state index contributed by atoms with van der Waals surface area (Å²) in [5.74, 6) is 0.0682. The fourth-order valence-corrected chi connectivity index (χ4v) is 5.82. The molecule has 0 radical (unpaired) electrons. The van der Waals surface area contributed by atoms with Crippen LogP contribution in [0.5, 0.6) is 5.88 Å². The third-order valence-corrected chi connectivity index (χ3v) is 7.36. The molecule has 2 aromatic rings. The number of rotatable bonds is 6. The van der Waals surface area contributed by atoms with Crippen molar-refractivity contribution in [2.24, 2.45) is 5.73 Å². The molecule has 2 aliphatic carbocycles. The lowest BCUT2D eigenvalue weighted by atomic mass is 9.92. The monoisotopic (exact) mass is 404 g/mol. The Labute approximate surface area is 168 Å². The molecular formula is C20H28N4O3S. The molecule has 28 heavy (non-hydrogen) atoms. The van der Waals surface area contributed by atoms with Crippen LogP contribution in [0.25, 0.3) is 10.2 Å². The normalized spacial score (nSPS) is 25.8. The Bertz CT molecular complexity index is 860. The van der Waals surface area contributed by atoms with E-state index in [0.29, 0.717) is 18.3 Å². The summed E-state index contributed by atoms with van der Waals surface area (Å²) < 4.78 is 6.36. The van der Waals surface area contributed by atoms with Gasteiger partial charge in [0.05, 0.1) is 5.39 Å². The van der Waals surface area contributed by atoms with Gasteiger partial charge in [0.25, 0.3) is 0 Å². The Morgan fingerprint density at radius 1 is 1.32 bits per heavy atom. The zero-order valence-corrected chi connectivity index (χ0v) is 17.2. The number of hydrogen-bond acceptors (Lipinski definition) is 7. The lowest BCUT2D eigenvalue weighted by molar-refractivity contribution is -0.126. The minimum absolute atomic E-state index is 0.0871. The maximum atomic E-state index is 11.3. The predicted molar refractivity (Wildman–Crippen MR) is 109 cm³/mol. The second-order valence-corrected chi connectivity index (χ2v) is 9.28. The van der Waals surface area contributed by atoms with Crippen molar-refractivity contribution in [1.82, 2.24) is 14.9 Å². The quantitative estimate of drug-likeness (QED) is 0.765. The van der Waals surface area contributed by atoms with E-state index < -0.39 is 12.0 Å². The Morgan fingerprint density at radius 3 is 2.75 bits per heavy atom. The van der Waals surface area contributed by atoms with Gasteiger partial charge in [0.1, 0.15) is 23.4 Å². The van der Waals surface area contributed by atoms with Gasteiger partial charge in [0.2, 0.25) is 11.8 Å². The van der Waals surface area contributed by atoms with Gasteiger partial charge >= 0.3 is 0 Å². The topological polar surface area (TPSA) is 102 Å². The van der Waals surface area contributed by atoms with Gasteiger partial charge in [-0.2, -0.15) is 0 Å². The lowest BCUT2D eigenvalue weighted by Crippen LogP contribution is -2.35. The number of nitrogens with zero attached hydrogens (tertiary/aromatic N) is 3. The molecule has 2 atom stereocenters. The molecule has 0 saturated heterocycles. The molecule has 7 nitrogen and oxygen atoms in total. The SMILES string of the molecule is CN(C)[C@H]1CC[C@H](Oc2ncnc3sc4c(c23)[C@@H](C[C@H](O)C(N)=O)CC4)CC1.